The fourth-order valence-electron chi connectivity index (χ4n) is 2.47. The van der Waals surface area contributed by atoms with Crippen LogP contribution in [0.15, 0.2) is 54.1 Å². The molecule has 3 heteroatoms. The van der Waals surface area contributed by atoms with Crippen molar-refractivity contribution in [3.05, 3.63) is 59.7 Å². The van der Waals surface area contributed by atoms with Crippen molar-refractivity contribution in [1.82, 2.24) is 0 Å². The van der Waals surface area contributed by atoms with Crippen molar-refractivity contribution in [1.29, 1.82) is 0 Å². The van der Waals surface area contributed by atoms with E-state index in [0.717, 1.165) is 21.8 Å². The van der Waals surface area contributed by atoms with Gasteiger partial charge in [0.25, 0.3) is 0 Å². The van der Waals surface area contributed by atoms with E-state index in [9.17, 15) is 0 Å². The fourth-order valence-corrected chi connectivity index (χ4v) is 2.80. The van der Waals surface area contributed by atoms with Gasteiger partial charge in [-0.1, -0.05) is 48.7 Å². The molecule has 0 amide bonds. The number of benzene rings is 1. The first-order valence-corrected chi connectivity index (χ1v) is 7.04. The molecule has 1 aliphatic carbocycles. The van der Waals surface area contributed by atoms with Gasteiger partial charge in [-0.15, -0.1) is 0 Å². The molecule has 1 heterocycles. The minimum absolute atomic E-state index is 0.0977. The molecule has 2 aliphatic rings. The molecule has 0 N–H and O–H groups in total. The maximum atomic E-state index is 5.86. The third kappa shape index (κ3) is 2.60. The van der Waals surface area contributed by atoms with Crippen molar-refractivity contribution in [2.75, 3.05) is 13.7 Å². The van der Waals surface area contributed by atoms with Gasteiger partial charge in [-0.25, -0.2) is 0 Å². The number of thiocarbonyl (C=S) groups is 1. The van der Waals surface area contributed by atoms with Gasteiger partial charge >= 0.3 is 0 Å². The van der Waals surface area contributed by atoms with Crippen LogP contribution in [-0.4, -0.2) is 24.7 Å². The van der Waals surface area contributed by atoms with E-state index in [1.54, 1.807) is 7.11 Å². The summed E-state index contributed by atoms with van der Waals surface area (Å²) in [6.45, 7) is 0.574. The van der Waals surface area contributed by atoms with Crippen LogP contribution in [0.4, 0.5) is 0 Å². The smallest absolute Gasteiger partial charge is 0.118 e. The van der Waals surface area contributed by atoms with Gasteiger partial charge in [0, 0.05) is 10.8 Å². The monoisotopic (exact) mass is 284 g/mol. The number of methoxy groups -OCH3 is 1. The molecule has 1 aromatic carbocycles. The Balaban J connectivity index is 1.82. The molecule has 0 bridgehead atoms. The lowest BCUT2D eigenvalue weighted by Crippen LogP contribution is -2.36. The molecule has 2 nitrogen and oxygen atoms in total. The summed E-state index contributed by atoms with van der Waals surface area (Å²) in [6, 6.07) is 7.95. The zero-order valence-corrected chi connectivity index (χ0v) is 12.1. The first-order valence-electron chi connectivity index (χ1n) is 6.63. The van der Waals surface area contributed by atoms with E-state index < -0.39 is 0 Å². The molecule has 1 aromatic rings. The summed E-state index contributed by atoms with van der Waals surface area (Å²) in [5.41, 5.74) is 2.20. The minimum atomic E-state index is 0.0977. The van der Waals surface area contributed by atoms with Crippen molar-refractivity contribution in [2.45, 2.75) is 6.10 Å². The number of rotatable bonds is 2. The van der Waals surface area contributed by atoms with E-state index >= 15 is 0 Å². The van der Waals surface area contributed by atoms with E-state index in [-0.39, 0.29) is 12.0 Å². The van der Waals surface area contributed by atoms with Crippen LogP contribution in [0.1, 0.15) is 5.56 Å². The minimum Gasteiger partial charge on any atom is -0.497 e. The van der Waals surface area contributed by atoms with Crippen LogP contribution < -0.4 is 4.74 Å². The van der Waals surface area contributed by atoms with Crippen LogP contribution in [0.3, 0.4) is 0 Å². The molecule has 20 heavy (non-hydrogen) atoms. The van der Waals surface area contributed by atoms with Gasteiger partial charge in [0.1, 0.15) is 5.75 Å². The molecule has 2 atom stereocenters. The van der Waals surface area contributed by atoms with Crippen LogP contribution in [0.5, 0.6) is 5.75 Å². The van der Waals surface area contributed by atoms with Crippen molar-refractivity contribution in [3.8, 4) is 5.75 Å². The zero-order valence-electron chi connectivity index (χ0n) is 11.3. The summed E-state index contributed by atoms with van der Waals surface area (Å²) in [7, 11) is 1.67. The molecule has 1 saturated heterocycles. The van der Waals surface area contributed by atoms with Gasteiger partial charge < -0.3 is 9.47 Å². The Morgan fingerprint density at radius 1 is 1.20 bits per heavy atom. The van der Waals surface area contributed by atoms with Crippen LogP contribution in [-0.2, 0) is 4.74 Å². The van der Waals surface area contributed by atoms with Gasteiger partial charge in [-0.2, -0.15) is 0 Å². The zero-order chi connectivity index (χ0) is 13.9. The summed E-state index contributed by atoms with van der Waals surface area (Å²) < 4.78 is 11.0. The van der Waals surface area contributed by atoms with Crippen molar-refractivity contribution < 1.29 is 9.47 Å². The van der Waals surface area contributed by atoms with E-state index in [4.69, 9.17) is 21.7 Å². The fraction of sp³-hybridized carbons (Fsp3) is 0.235. The van der Waals surface area contributed by atoms with Crippen LogP contribution >= 0.6 is 12.2 Å². The normalized spacial score (nSPS) is 26.6. The molecule has 3 rings (SSSR count). The summed E-state index contributed by atoms with van der Waals surface area (Å²) in [5, 5.41) is 0. The van der Waals surface area contributed by atoms with Crippen molar-refractivity contribution >= 4 is 23.2 Å². The number of ether oxygens (including phenoxy) is 2. The lowest BCUT2D eigenvalue weighted by Gasteiger charge is -2.31. The maximum absolute atomic E-state index is 5.86. The number of allylic oxidation sites excluding steroid dienone is 2. The number of hydrogen-bond acceptors (Lipinski definition) is 3. The lowest BCUT2D eigenvalue weighted by molar-refractivity contribution is 0.0831. The Morgan fingerprint density at radius 3 is 2.70 bits per heavy atom. The SMILES string of the molecule is COc1ccc(/C=C2\COC3C=CC=CC3C2=S)cc1. The van der Waals surface area contributed by atoms with Gasteiger partial charge in [0.05, 0.1) is 19.8 Å². The molecule has 0 spiro atoms. The van der Waals surface area contributed by atoms with Crippen LogP contribution in [0, 0.1) is 5.92 Å². The predicted octanol–water partition coefficient (Wildman–Crippen LogP) is 3.59. The molecule has 0 saturated carbocycles. The average Bonchev–Trinajstić information content (AvgIpc) is 2.51. The van der Waals surface area contributed by atoms with E-state index in [1.807, 2.05) is 36.4 Å². The Hall–Kier alpha value is -1.71. The average molecular weight is 284 g/mol. The second-order valence-corrected chi connectivity index (χ2v) is 5.32. The highest BCUT2D eigenvalue weighted by Gasteiger charge is 2.30. The molecule has 0 radical (unpaired) electrons. The molecule has 2 unspecified atom stereocenters. The third-order valence-corrected chi connectivity index (χ3v) is 4.13. The molecular weight excluding hydrogens is 268 g/mol. The second kappa shape index (κ2) is 5.73. The standard InChI is InChI=1S/C17H16O2S/c1-18-14-8-6-12(7-9-14)10-13-11-19-16-5-3-2-4-15(16)17(13)20/h2-10,15-16H,11H2,1H3/b13-10+. The summed E-state index contributed by atoms with van der Waals surface area (Å²) in [4.78, 5) is 0.984. The first kappa shape index (κ1) is 13.3. The molecule has 0 aromatic heterocycles. The summed E-state index contributed by atoms with van der Waals surface area (Å²) in [5.74, 6) is 1.04. The van der Waals surface area contributed by atoms with E-state index in [1.165, 1.54) is 0 Å². The second-order valence-electron chi connectivity index (χ2n) is 4.88. The predicted molar refractivity (Wildman–Crippen MR) is 85.1 cm³/mol. The van der Waals surface area contributed by atoms with Gasteiger partial charge in [0.15, 0.2) is 0 Å². The molecule has 1 aliphatic heterocycles. The largest absolute Gasteiger partial charge is 0.497 e. The van der Waals surface area contributed by atoms with E-state index in [2.05, 4.69) is 18.2 Å². The van der Waals surface area contributed by atoms with E-state index in [0.29, 0.717) is 6.61 Å². The Kier molecular flexibility index (Phi) is 3.81. The Morgan fingerprint density at radius 2 is 1.95 bits per heavy atom. The Bertz CT molecular complexity index is 596. The molecule has 102 valence electrons. The quantitative estimate of drug-likeness (QED) is 0.611. The molecule has 1 fully saturated rings. The number of fused-ring (bicyclic) bond motifs is 1. The maximum Gasteiger partial charge on any atom is 0.118 e. The molecular formula is C17H16O2S. The number of hydrogen-bond donors (Lipinski definition) is 0. The van der Waals surface area contributed by atoms with Crippen LogP contribution in [0.2, 0.25) is 0 Å². The lowest BCUT2D eigenvalue weighted by atomic mass is 9.87. The first-order chi connectivity index (χ1) is 9.78. The Labute approximate surface area is 124 Å². The highest BCUT2D eigenvalue weighted by molar-refractivity contribution is 7.81. The summed E-state index contributed by atoms with van der Waals surface area (Å²) >= 11 is 5.61. The van der Waals surface area contributed by atoms with Crippen LogP contribution in [0.25, 0.3) is 6.08 Å². The summed E-state index contributed by atoms with van der Waals surface area (Å²) in [6.07, 6.45) is 10.4. The van der Waals surface area contributed by atoms with Crippen molar-refractivity contribution in [2.24, 2.45) is 5.92 Å². The van der Waals surface area contributed by atoms with Gasteiger partial charge in [-0.05, 0) is 29.3 Å². The highest BCUT2D eigenvalue weighted by atomic mass is 32.1. The van der Waals surface area contributed by atoms with Crippen molar-refractivity contribution in [3.63, 3.8) is 0 Å². The van der Waals surface area contributed by atoms with Gasteiger partial charge in [-0.3, -0.25) is 0 Å². The highest BCUT2D eigenvalue weighted by Crippen LogP contribution is 2.28. The van der Waals surface area contributed by atoms with Gasteiger partial charge in [0.2, 0.25) is 0 Å². The topological polar surface area (TPSA) is 18.5 Å². The third-order valence-electron chi connectivity index (χ3n) is 3.59.